The number of halogens is 1. The van der Waals surface area contributed by atoms with Crippen molar-refractivity contribution in [3.63, 3.8) is 0 Å². The second-order valence-corrected chi connectivity index (χ2v) is 5.57. The zero-order chi connectivity index (χ0) is 17.1. The Bertz CT molecular complexity index is 878. The SMILES string of the molecule is COC(=O)c1nc(-c2ccc(-c3ccccc3)cc2)cc(N)c1Cl. The van der Waals surface area contributed by atoms with Crippen molar-refractivity contribution >= 4 is 23.3 Å². The molecule has 0 bridgehead atoms. The summed E-state index contributed by atoms with van der Waals surface area (Å²) in [5, 5.41) is 0.103. The molecule has 0 amide bonds. The van der Waals surface area contributed by atoms with Crippen molar-refractivity contribution < 1.29 is 9.53 Å². The summed E-state index contributed by atoms with van der Waals surface area (Å²) in [6, 6.07) is 19.5. The zero-order valence-corrected chi connectivity index (χ0v) is 13.7. The number of hydrogen-bond acceptors (Lipinski definition) is 4. The number of nitrogens with two attached hydrogens (primary N) is 1. The molecule has 0 radical (unpaired) electrons. The molecule has 5 heteroatoms. The monoisotopic (exact) mass is 338 g/mol. The molecule has 0 spiro atoms. The minimum Gasteiger partial charge on any atom is -0.464 e. The van der Waals surface area contributed by atoms with Crippen LogP contribution in [0.4, 0.5) is 5.69 Å². The molecule has 0 atom stereocenters. The summed E-state index contributed by atoms with van der Waals surface area (Å²) in [7, 11) is 1.28. The van der Waals surface area contributed by atoms with Crippen molar-refractivity contribution in [2.24, 2.45) is 0 Å². The van der Waals surface area contributed by atoms with E-state index in [1.165, 1.54) is 7.11 Å². The van der Waals surface area contributed by atoms with Crippen molar-refractivity contribution in [3.05, 3.63) is 71.4 Å². The standard InChI is InChI=1S/C19H15ClN2O2/c1-24-19(23)18-17(20)15(21)11-16(22-18)14-9-7-13(8-10-14)12-5-3-2-4-6-12/h2-11H,1H3,(H2,21,22). The number of rotatable bonds is 3. The van der Waals surface area contributed by atoms with Crippen LogP contribution in [0.1, 0.15) is 10.5 Å². The van der Waals surface area contributed by atoms with E-state index in [4.69, 9.17) is 22.1 Å². The molecule has 2 N–H and O–H groups in total. The van der Waals surface area contributed by atoms with E-state index >= 15 is 0 Å². The first-order valence-corrected chi connectivity index (χ1v) is 7.68. The number of carbonyl (C=O) groups is 1. The Hall–Kier alpha value is -2.85. The third-order valence-corrected chi connectivity index (χ3v) is 4.05. The number of hydrogen-bond donors (Lipinski definition) is 1. The molecular formula is C19H15ClN2O2. The predicted molar refractivity (Wildman–Crippen MR) is 95.9 cm³/mol. The summed E-state index contributed by atoms with van der Waals surface area (Å²) in [6.07, 6.45) is 0. The van der Waals surface area contributed by atoms with Crippen LogP contribution in [0.15, 0.2) is 60.7 Å². The molecular weight excluding hydrogens is 324 g/mol. The Morgan fingerprint density at radius 3 is 2.21 bits per heavy atom. The maximum atomic E-state index is 11.8. The van der Waals surface area contributed by atoms with Gasteiger partial charge in [-0.05, 0) is 17.2 Å². The van der Waals surface area contributed by atoms with Gasteiger partial charge in [0.05, 0.1) is 23.5 Å². The van der Waals surface area contributed by atoms with E-state index in [0.29, 0.717) is 5.69 Å². The van der Waals surface area contributed by atoms with Crippen LogP contribution in [0.2, 0.25) is 5.02 Å². The molecule has 2 aromatic carbocycles. The van der Waals surface area contributed by atoms with Crippen LogP contribution in [0.3, 0.4) is 0 Å². The lowest BCUT2D eigenvalue weighted by Gasteiger charge is -2.09. The van der Waals surface area contributed by atoms with E-state index in [0.717, 1.165) is 16.7 Å². The van der Waals surface area contributed by atoms with Crippen molar-refractivity contribution in [2.75, 3.05) is 12.8 Å². The zero-order valence-electron chi connectivity index (χ0n) is 13.0. The van der Waals surface area contributed by atoms with Gasteiger partial charge in [0.1, 0.15) is 0 Å². The summed E-state index contributed by atoms with van der Waals surface area (Å²) >= 11 is 6.04. The highest BCUT2D eigenvalue weighted by atomic mass is 35.5. The Labute approximate surface area is 144 Å². The molecule has 0 saturated carbocycles. The quantitative estimate of drug-likeness (QED) is 0.717. The van der Waals surface area contributed by atoms with E-state index in [9.17, 15) is 4.79 Å². The third kappa shape index (κ3) is 3.09. The number of esters is 1. The van der Waals surface area contributed by atoms with Gasteiger partial charge in [-0.15, -0.1) is 0 Å². The first-order chi connectivity index (χ1) is 11.6. The maximum Gasteiger partial charge on any atom is 0.358 e. The lowest BCUT2D eigenvalue weighted by atomic mass is 10.0. The molecule has 4 nitrogen and oxygen atoms in total. The largest absolute Gasteiger partial charge is 0.464 e. The van der Waals surface area contributed by atoms with Crippen molar-refractivity contribution in [3.8, 4) is 22.4 Å². The molecule has 0 unspecified atom stereocenters. The number of methoxy groups -OCH3 is 1. The van der Waals surface area contributed by atoms with Gasteiger partial charge in [-0.2, -0.15) is 0 Å². The number of ether oxygens (including phenoxy) is 1. The topological polar surface area (TPSA) is 65.2 Å². The molecule has 0 fully saturated rings. The number of benzene rings is 2. The minimum absolute atomic E-state index is 0.0151. The summed E-state index contributed by atoms with van der Waals surface area (Å²) in [5.74, 6) is -0.616. The lowest BCUT2D eigenvalue weighted by molar-refractivity contribution is 0.0594. The fourth-order valence-electron chi connectivity index (χ4n) is 2.39. The van der Waals surface area contributed by atoms with E-state index < -0.39 is 5.97 Å². The van der Waals surface area contributed by atoms with E-state index in [-0.39, 0.29) is 16.4 Å². The van der Waals surface area contributed by atoms with Crippen LogP contribution >= 0.6 is 11.6 Å². The van der Waals surface area contributed by atoms with Gasteiger partial charge in [-0.1, -0.05) is 66.2 Å². The molecule has 0 aliphatic heterocycles. The maximum absolute atomic E-state index is 11.8. The molecule has 0 saturated heterocycles. The Morgan fingerprint density at radius 2 is 1.58 bits per heavy atom. The average Bonchev–Trinajstić information content (AvgIpc) is 2.64. The summed E-state index contributed by atoms with van der Waals surface area (Å²) in [6.45, 7) is 0. The number of anilines is 1. The van der Waals surface area contributed by atoms with Crippen LogP contribution < -0.4 is 5.73 Å². The summed E-state index contributed by atoms with van der Waals surface area (Å²) in [5.41, 5.74) is 9.82. The van der Waals surface area contributed by atoms with Gasteiger partial charge in [-0.3, -0.25) is 0 Å². The van der Waals surface area contributed by atoms with Gasteiger partial charge in [-0.25, -0.2) is 9.78 Å². The Balaban J connectivity index is 2.00. The highest BCUT2D eigenvalue weighted by molar-refractivity contribution is 6.35. The lowest BCUT2D eigenvalue weighted by Crippen LogP contribution is -2.08. The first kappa shape index (κ1) is 16.0. The van der Waals surface area contributed by atoms with Crippen molar-refractivity contribution in [1.82, 2.24) is 4.98 Å². The summed E-state index contributed by atoms with van der Waals surface area (Å²) < 4.78 is 4.70. The first-order valence-electron chi connectivity index (χ1n) is 7.30. The number of aromatic nitrogens is 1. The number of carbonyl (C=O) groups excluding carboxylic acids is 1. The number of nitrogen functional groups attached to an aromatic ring is 1. The second-order valence-electron chi connectivity index (χ2n) is 5.19. The van der Waals surface area contributed by atoms with E-state index in [2.05, 4.69) is 4.98 Å². The molecule has 0 aliphatic rings. The Morgan fingerprint density at radius 1 is 1.00 bits per heavy atom. The van der Waals surface area contributed by atoms with Gasteiger partial charge in [0.15, 0.2) is 5.69 Å². The molecule has 24 heavy (non-hydrogen) atoms. The number of pyridine rings is 1. The van der Waals surface area contributed by atoms with Gasteiger partial charge in [0, 0.05) is 5.56 Å². The average molecular weight is 339 g/mol. The van der Waals surface area contributed by atoms with Crippen LogP contribution in [0, 0.1) is 0 Å². The fraction of sp³-hybridized carbons (Fsp3) is 0.0526. The number of nitrogens with zero attached hydrogens (tertiary/aromatic N) is 1. The van der Waals surface area contributed by atoms with Crippen molar-refractivity contribution in [2.45, 2.75) is 0 Å². The molecule has 3 rings (SSSR count). The van der Waals surface area contributed by atoms with Crippen LogP contribution in [-0.2, 0) is 4.74 Å². The van der Waals surface area contributed by atoms with Crippen LogP contribution in [0.5, 0.6) is 0 Å². The van der Waals surface area contributed by atoms with Gasteiger partial charge in [0.25, 0.3) is 0 Å². The van der Waals surface area contributed by atoms with Gasteiger partial charge >= 0.3 is 5.97 Å². The smallest absolute Gasteiger partial charge is 0.358 e. The highest BCUT2D eigenvalue weighted by Crippen LogP contribution is 2.29. The van der Waals surface area contributed by atoms with E-state index in [1.807, 2.05) is 54.6 Å². The third-order valence-electron chi connectivity index (χ3n) is 3.65. The highest BCUT2D eigenvalue weighted by Gasteiger charge is 2.17. The normalized spacial score (nSPS) is 10.4. The molecule has 1 aromatic heterocycles. The fourth-order valence-corrected chi connectivity index (χ4v) is 2.57. The van der Waals surface area contributed by atoms with Gasteiger partial charge < -0.3 is 10.5 Å². The Kier molecular flexibility index (Phi) is 4.49. The summed E-state index contributed by atoms with van der Waals surface area (Å²) in [4.78, 5) is 16.1. The van der Waals surface area contributed by atoms with Crippen LogP contribution in [0.25, 0.3) is 22.4 Å². The predicted octanol–water partition coefficient (Wildman–Crippen LogP) is 4.44. The minimum atomic E-state index is -0.616. The second kappa shape index (κ2) is 6.72. The van der Waals surface area contributed by atoms with E-state index in [1.54, 1.807) is 6.07 Å². The van der Waals surface area contributed by atoms with Crippen molar-refractivity contribution in [1.29, 1.82) is 0 Å². The van der Waals surface area contributed by atoms with Crippen LogP contribution in [-0.4, -0.2) is 18.1 Å². The molecule has 120 valence electrons. The van der Waals surface area contributed by atoms with Gasteiger partial charge in [0.2, 0.25) is 0 Å². The molecule has 1 heterocycles. The molecule has 0 aliphatic carbocycles. The molecule has 3 aromatic rings.